The van der Waals surface area contributed by atoms with E-state index in [2.05, 4.69) is 20.2 Å². The van der Waals surface area contributed by atoms with Crippen LogP contribution in [-0.2, 0) is 4.74 Å². The van der Waals surface area contributed by atoms with Gasteiger partial charge in [0.2, 0.25) is 5.95 Å². The lowest BCUT2D eigenvalue weighted by molar-refractivity contribution is 0.0714. The topological polar surface area (TPSA) is 83.7 Å². The average molecular weight is 345 g/mol. The zero-order valence-electron chi connectivity index (χ0n) is 14.4. The quantitative estimate of drug-likeness (QED) is 0.761. The molecule has 0 saturated carbocycles. The molecule has 0 aliphatic carbocycles. The van der Waals surface area contributed by atoms with Crippen molar-refractivity contribution in [3.8, 4) is 0 Å². The highest BCUT2D eigenvalue weighted by Crippen LogP contribution is 2.16. The summed E-state index contributed by atoms with van der Waals surface area (Å²) in [5.41, 5.74) is 0. The molecule has 3 heterocycles. The van der Waals surface area contributed by atoms with Crippen LogP contribution in [0.25, 0.3) is 0 Å². The Morgan fingerprint density at radius 1 is 1.32 bits per heavy atom. The Morgan fingerprint density at radius 3 is 2.88 bits per heavy atom. The zero-order valence-corrected chi connectivity index (χ0v) is 14.4. The number of ether oxygens (including phenoxy) is 1. The van der Waals surface area contributed by atoms with Gasteiger partial charge in [0, 0.05) is 52.6 Å². The van der Waals surface area contributed by atoms with E-state index in [1.807, 2.05) is 6.07 Å². The number of aromatic nitrogens is 2. The second-order valence-corrected chi connectivity index (χ2v) is 5.77. The Hall–Kier alpha value is -2.61. The van der Waals surface area contributed by atoms with Crippen molar-refractivity contribution < 1.29 is 13.9 Å². The number of anilines is 2. The van der Waals surface area contributed by atoms with E-state index in [4.69, 9.17) is 9.15 Å². The van der Waals surface area contributed by atoms with Gasteiger partial charge >= 0.3 is 0 Å². The Morgan fingerprint density at radius 2 is 2.16 bits per heavy atom. The number of nitrogens with zero attached hydrogens (tertiary/aromatic N) is 4. The maximum atomic E-state index is 12.3. The second-order valence-electron chi connectivity index (χ2n) is 5.77. The van der Waals surface area contributed by atoms with E-state index in [0.29, 0.717) is 31.4 Å². The predicted molar refractivity (Wildman–Crippen MR) is 93.8 cm³/mol. The van der Waals surface area contributed by atoms with Gasteiger partial charge < -0.3 is 24.3 Å². The fraction of sp³-hybridized carbons (Fsp3) is 0.471. The molecule has 25 heavy (non-hydrogen) atoms. The summed E-state index contributed by atoms with van der Waals surface area (Å²) in [6, 6.07) is 5.32. The van der Waals surface area contributed by atoms with Crippen LogP contribution in [0, 0.1) is 0 Å². The number of hydrogen-bond acceptors (Lipinski definition) is 7. The van der Waals surface area contributed by atoms with E-state index in [-0.39, 0.29) is 5.91 Å². The maximum Gasteiger partial charge on any atom is 0.289 e. The number of piperazine rings is 1. The summed E-state index contributed by atoms with van der Waals surface area (Å²) in [4.78, 5) is 25.1. The number of carbonyl (C=O) groups excluding carboxylic acids is 1. The highest BCUT2D eigenvalue weighted by molar-refractivity contribution is 5.91. The SMILES string of the molecule is COCCCNc1nccc(N2CCN(C(=O)c3ccco3)CC2)n1. The molecule has 8 heteroatoms. The van der Waals surface area contributed by atoms with Gasteiger partial charge in [0.15, 0.2) is 5.76 Å². The third-order valence-corrected chi connectivity index (χ3v) is 4.07. The fourth-order valence-electron chi connectivity index (χ4n) is 2.72. The van der Waals surface area contributed by atoms with Crippen LogP contribution < -0.4 is 10.2 Å². The molecular formula is C17H23N5O3. The first-order valence-electron chi connectivity index (χ1n) is 8.41. The van der Waals surface area contributed by atoms with E-state index in [0.717, 1.165) is 31.9 Å². The maximum absolute atomic E-state index is 12.3. The molecule has 134 valence electrons. The van der Waals surface area contributed by atoms with Gasteiger partial charge in [-0.05, 0) is 24.6 Å². The van der Waals surface area contributed by atoms with Crippen LogP contribution in [0.2, 0.25) is 0 Å². The Bertz CT molecular complexity index is 669. The number of amides is 1. The van der Waals surface area contributed by atoms with Gasteiger partial charge in [-0.25, -0.2) is 4.98 Å². The minimum atomic E-state index is -0.0622. The van der Waals surface area contributed by atoms with E-state index < -0.39 is 0 Å². The molecular weight excluding hydrogens is 322 g/mol. The summed E-state index contributed by atoms with van der Waals surface area (Å²) in [6.45, 7) is 4.21. The van der Waals surface area contributed by atoms with Crippen LogP contribution in [0.1, 0.15) is 17.0 Å². The first kappa shape index (κ1) is 17.2. The van der Waals surface area contributed by atoms with Crippen molar-refractivity contribution in [3.05, 3.63) is 36.4 Å². The van der Waals surface area contributed by atoms with Crippen molar-refractivity contribution in [1.29, 1.82) is 0 Å². The fourth-order valence-corrected chi connectivity index (χ4v) is 2.72. The monoisotopic (exact) mass is 345 g/mol. The minimum absolute atomic E-state index is 0.0622. The summed E-state index contributed by atoms with van der Waals surface area (Å²) in [7, 11) is 1.69. The van der Waals surface area contributed by atoms with Gasteiger partial charge in [-0.3, -0.25) is 4.79 Å². The smallest absolute Gasteiger partial charge is 0.289 e. The number of hydrogen-bond donors (Lipinski definition) is 1. The second kappa shape index (κ2) is 8.48. The molecule has 0 radical (unpaired) electrons. The van der Waals surface area contributed by atoms with Crippen LogP contribution in [-0.4, -0.2) is 67.2 Å². The lowest BCUT2D eigenvalue weighted by atomic mass is 10.3. The van der Waals surface area contributed by atoms with Crippen LogP contribution in [0.4, 0.5) is 11.8 Å². The number of carbonyl (C=O) groups is 1. The van der Waals surface area contributed by atoms with Crippen molar-refractivity contribution in [3.63, 3.8) is 0 Å². The molecule has 2 aromatic rings. The summed E-state index contributed by atoms with van der Waals surface area (Å²) >= 11 is 0. The molecule has 0 spiro atoms. The standard InChI is InChI=1S/C17H23N5O3/c1-24-12-3-6-18-17-19-7-5-15(20-17)21-8-10-22(11-9-21)16(23)14-4-2-13-25-14/h2,4-5,7,13H,3,6,8-12H2,1H3,(H,18,19,20). The molecule has 2 aromatic heterocycles. The van der Waals surface area contributed by atoms with Crippen LogP contribution in [0.3, 0.4) is 0 Å². The lowest BCUT2D eigenvalue weighted by Crippen LogP contribution is -2.49. The lowest BCUT2D eigenvalue weighted by Gasteiger charge is -2.35. The van der Waals surface area contributed by atoms with Gasteiger partial charge in [0.1, 0.15) is 5.82 Å². The Balaban J connectivity index is 1.53. The van der Waals surface area contributed by atoms with Gasteiger partial charge in [0.05, 0.1) is 6.26 Å². The van der Waals surface area contributed by atoms with E-state index in [1.54, 1.807) is 30.3 Å². The third-order valence-electron chi connectivity index (χ3n) is 4.07. The largest absolute Gasteiger partial charge is 0.459 e. The molecule has 1 aliphatic rings. The molecule has 0 atom stereocenters. The van der Waals surface area contributed by atoms with Gasteiger partial charge in [-0.15, -0.1) is 0 Å². The van der Waals surface area contributed by atoms with Crippen molar-refractivity contribution in [2.45, 2.75) is 6.42 Å². The molecule has 1 saturated heterocycles. The van der Waals surface area contributed by atoms with Crippen molar-refractivity contribution in [2.75, 3.05) is 56.7 Å². The summed E-state index contributed by atoms with van der Waals surface area (Å²) in [6.07, 6.45) is 4.17. The van der Waals surface area contributed by atoms with E-state index in [1.165, 1.54) is 6.26 Å². The molecule has 3 rings (SSSR count). The number of furan rings is 1. The molecule has 1 N–H and O–H groups in total. The molecule has 1 fully saturated rings. The van der Waals surface area contributed by atoms with Crippen molar-refractivity contribution in [1.82, 2.24) is 14.9 Å². The first-order chi connectivity index (χ1) is 12.3. The van der Waals surface area contributed by atoms with Crippen molar-refractivity contribution >= 4 is 17.7 Å². The predicted octanol–water partition coefficient (Wildman–Crippen LogP) is 1.48. The Labute approximate surface area is 146 Å². The van der Waals surface area contributed by atoms with Crippen LogP contribution in [0.15, 0.2) is 35.1 Å². The zero-order chi connectivity index (χ0) is 17.5. The minimum Gasteiger partial charge on any atom is -0.459 e. The first-order valence-corrected chi connectivity index (χ1v) is 8.41. The third kappa shape index (κ3) is 4.48. The summed E-state index contributed by atoms with van der Waals surface area (Å²) in [5, 5.41) is 3.20. The number of nitrogens with one attached hydrogen (secondary N) is 1. The molecule has 0 bridgehead atoms. The highest BCUT2D eigenvalue weighted by atomic mass is 16.5. The molecule has 0 unspecified atom stereocenters. The molecule has 1 amide bonds. The average Bonchev–Trinajstić information content (AvgIpc) is 3.20. The number of rotatable bonds is 7. The number of methoxy groups -OCH3 is 1. The Kier molecular flexibility index (Phi) is 5.84. The normalized spacial score (nSPS) is 14.6. The van der Waals surface area contributed by atoms with E-state index in [9.17, 15) is 4.79 Å². The van der Waals surface area contributed by atoms with Gasteiger partial charge in [0.25, 0.3) is 5.91 Å². The molecule has 0 aromatic carbocycles. The highest BCUT2D eigenvalue weighted by Gasteiger charge is 2.24. The van der Waals surface area contributed by atoms with Gasteiger partial charge in [-0.1, -0.05) is 0 Å². The van der Waals surface area contributed by atoms with Crippen molar-refractivity contribution in [2.24, 2.45) is 0 Å². The van der Waals surface area contributed by atoms with Gasteiger partial charge in [-0.2, -0.15) is 4.98 Å². The summed E-state index contributed by atoms with van der Waals surface area (Å²) in [5.74, 6) is 1.81. The molecule has 8 nitrogen and oxygen atoms in total. The molecule has 1 aliphatic heterocycles. The van der Waals surface area contributed by atoms with E-state index >= 15 is 0 Å². The van der Waals surface area contributed by atoms with Crippen LogP contribution >= 0.6 is 0 Å². The van der Waals surface area contributed by atoms with Crippen LogP contribution in [0.5, 0.6) is 0 Å². The summed E-state index contributed by atoms with van der Waals surface area (Å²) < 4.78 is 10.2.